The predicted octanol–water partition coefficient (Wildman–Crippen LogP) is 7.55. The Hall–Kier alpha value is -2.92. The Morgan fingerprint density at radius 3 is 2.08 bits per heavy atom. The van der Waals surface area contributed by atoms with Gasteiger partial charge in [-0.25, -0.2) is 4.39 Å². The van der Waals surface area contributed by atoms with Gasteiger partial charge in [0, 0.05) is 32.1 Å². The van der Waals surface area contributed by atoms with E-state index in [4.69, 9.17) is 0 Å². The molecule has 1 aliphatic rings. The van der Waals surface area contributed by atoms with Gasteiger partial charge in [0.05, 0.1) is 5.69 Å². The largest absolute Gasteiger partial charge is 0.573 e. The van der Waals surface area contributed by atoms with E-state index in [9.17, 15) is 53.6 Å². The van der Waals surface area contributed by atoms with Crippen LogP contribution in [0.1, 0.15) is 21.5 Å². The zero-order valence-electron chi connectivity index (χ0n) is 17.0. The summed E-state index contributed by atoms with van der Waals surface area (Å²) < 4.78 is 137. The van der Waals surface area contributed by atoms with E-state index in [1.807, 2.05) is 0 Å². The van der Waals surface area contributed by atoms with Gasteiger partial charge in [0.25, 0.3) is 0 Å². The second-order valence-corrected chi connectivity index (χ2v) is 8.35. The summed E-state index contributed by atoms with van der Waals surface area (Å²) in [4.78, 5) is 23.2. The molecule has 0 radical (unpaired) electrons. The molecule has 0 unspecified atom stereocenters. The van der Waals surface area contributed by atoms with Gasteiger partial charge < -0.3 is 9.64 Å². The Labute approximate surface area is 207 Å². The average Bonchev–Trinajstić information content (AvgIpc) is 2.74. The monoisotopic (exact) mass is 642 g/mol. The van der Waals surface area contributed by atoms with Crippen LogP contribution in [-0.2, 0) is 5.67 Å². The van der Waals surface area contributed by atoms with E-state index in [2.05, 4.69) is 9.91 Å². The zero-order chi connectivity index (χ0) is 27.3. The van der Waals surface area contributed by atoms with Crippen molar-refractivity contribution in [1.82, 2.24) is 0 Å². The van der Waals surface area contributed by atoms with E-state index < -0.39 is 50.9 Å². The standard InChI is InChI=1S/C20H9F10IN2O3/c21-17(18(22,23)24,19(25,26)27)11-7-12(31)15(14(8-11)36-20(28,29)30)33-5-1-2-9-3-4-10(6-13(9)33)16(34)32-35/h1-4,6-8H,5H2. The van der Waals surface area contributed by atoms with Crippen molar-refractivity contribution in [3.8, 4) is 5.75 Å². The molecule has 3 rings (SSSR count). The van der Waals surface area contributed by atoms with Crippen LogP contribution in [0, 0.1) is 8.48 Å². The van der Waals surface area contributed by atoms with Gasteiger partial charge in [-0.1, -0.05) is 18.2 Å². The van der Waals surface area contributed by atoms with Gasteiger partial charge in [-0.15, -0.1) is 18.1 Å². The molecule has 0 bridgehead atoms. The summed E-state index contributed by atoms with van der Waals surface area (Å²) in [6.45, 7) is -0.290. The number of anilines is 2. The fourth-order valence-corrected chi connectivity index (χ4v) is 4.32. The van der Waals surface area contributed by atoms with E-state index in [0.29, 0.717) is 0 Å². The molecule has 0 spiro atoms. The highest BCUT2D eigenvalue weighted by atomic mass is 127. The Morgan fingerprint density at radius 1 is 0.944 bits per heavy atom. The molecule has 0 atom stereocenters. The molecule has 194 valence electrons. The van der Waals surface area contributed by atoms with Crippen molar-refractivity contribution in [2.45, 2.75) is 24.4 Å². The maximum absolute atomic E-state index is 14.6. The summed E-state index contributed by atoms with van der Waals surface area (Å²) in [6.07, 6.45) is -15.9. The minimum Gasteiger partial charge on any atom is -0.404 e. The Morgan fingerprint density at radius 2 is 1.56 bits per heavy atom. The van der Waals surface area contributed by atoms with E-state index in [1.165, 1.54) is 24.3 Å². The summed E-state index contributed by atoms with van der Waals surface area (Å²) in [5, 5.41) is 2.22. The smallest absolute Gasteiger partial charge is 0.404 e. The number of hydrogen-bond acceptors (Lipinski definition) is 4. The van der Waals surface area contributed by atoms with Crippen LogP contribution in [0.3, 0.4) is 0 Å². The summed E-state index contributed by atoms with van der Waals surface area (Å²) in [5.74, 6) is -2.81. The van der Waals surface area contributed by atoms with Crippen LogP contribution in [0.4, 0.5) is 55.3 Å². The molecule has 2 aromatic carbocycles. The van der Waals surface area contributed by atoms with Crippen molar-refractivity contribution in [3.63, 3.8) is 0 Å². The second-order valence-electron chi connectivity index (χ2n) is 7.19. The first kappa shape index (κ1) is 27.7. The fourth-order valence-electron chi connectivity index (χ4n) is 3.42. The van der Waals surface area contributed by atoms with Crippen LogP contribution < -0.4 is 9.64 Å². The van der Waals surface area contributed by atoms with Crippen molar-refractivity contribution < 1.29 is 53.4 Å². The number of nitroso groups, excluding NO2 is 1. The zero-order valence-corrected chi connectivity index (χ0v) is 19.2. The normalized spacial score (nSPS) is 14.5. The lowest BCUT2D eigenvalue weighted by Crippen LogP contribution is -2.50. The Kier molecular flexibility index (Phi) is 7.06. The number of ether oxygens (including phenoxy) is 1. The van der Waals surface area contributed by atoms with E-state index in [-0.39, 0.29) is 35.5 Å². The van der Waals surface area contributed by atoms with Crippen molar-refractivity contribution in [2.75, 3.05) is 11.4 Å². The van der Waals surface area contributed by atoms with Crippen LogP contribution in [0.5, 0.6) is 5.75 Å². The highest BCUT2D eigenvalue weighted by Gasteiger charge is 2.73. The molecule has 0 fully saturated rings. The lowest BCUT2D eigenvalue weighted by molar-refractivity contribution is -0.348. The maximum Gasteiger partial charge on any atom is 0.573 e. The molecule has 0 aliphatic carbocycles. The first-order chi connectivity index (χ1) is 16.4. The number of fused-ring (bicyclic) bond motifs is 1. The third-order valence-electron chi connectivity index (χ3n) is 4.94. The van der Waals surface area contributed by atoms with E-state index >= 15 is 0 Å². The first-order valence-corrected chi connectivity index (χ1v) is 10.4. The second kappa shape index (κ2) is 9.19. The van der Waals surface area contributed by atoms with Gasteiger partial charge in [-0.2, -0.15) is 26.3 Å². The van der Waals surface area contributed by atoms with E-state index in [0.717, 1.165) is 33.6 Å². The number of carbonyl (C=O) groups excluding carboxylic acids is 1. The van der Waals surface area contributed by atoms with Gasteiger partial charge in [0.15, 0.2) is 5.75 Å². The molecule has 0 N–H and O–H groups in total. The highest BCUT2D eigenvalue weighted by molar-refractivity contribution is 14.1. The molecule has 1 aliphatic heterocycles. The number of alkyl halides is 10. The number of halogens is 11. The molecule has 0 aromatic heterocycles. The molecule has 1 amide bonds. The van der Waals surface area contributed by atoms with Crippen molar-refractivity contribution in [2.24, 2.45) is 5.18 Å². The Bertz CT molecular complexity index is 1220. The van der Waals surface area contributed by atoms with Gasteiger partial charge in [-0.05, 0) is 52.4 Å². The molecule has 36 heavy (non-hydrogen) atoms. The molecular formula is C20H9F10IN2O3. The predicted molar refractivity (Wildman–Crippen MR) is 113 cm³/mol. The van der Waals surface area contributed by atoms with Gasteiger partial charge in [0.2, 0.25) is 0 Å². The minimum atomic E-state index is -6.58. The summed E-state index contributed by atoms with van der Waals surface area (Å²) >= 11 is 1.14. The molecular weight excluding hydrogens is 633 g/mol. The Balaban J connectivity index is 2.31. The molecule has 1 heterocycles. The third kappa shape index (κ3) is 4.99. The lowest BCUT2D eigenvalue weighted by atomic mass is 9.93. The fraction of sp³-hybridized carbons (Fsp3) is 0.250. The van der Waals surface area contributed by atoms with Crippen molar-refractivity contribution in [3.05, 3.63) is 61.6 Å². The molecule has 16 heteroatoms. The van der Waals surface area contributed by atoms with Crippen LogP contribution >= 0.6 is 22.6 Å². The quantitative estimate of drug-likeness (QED) is 0.197. The van der Waals surface area contributed by atoms with Gasteiger partial charge >= 0.3 is 30.3 Å². The maximum atomic E-state index is 14.6. The van der Waals surface area contributed by atoms with Crippen LogP contribution in [0.25, 0.3) is 6.08 Å². The van der Waals surface area contributed by atoms with Crippen molar-refractivity contribution >= 4 is 45.9 Å². The van der Waals surface area contributed by atoms with Crippen LogP contribution in [-0.4, -0.2) is 31.2 Å². The highest BCUT2D eigenvalue weighted by Crippen LogP contribution is 2.55. The van der Waals surface area contributed by atoms with Gasteiger partial charge in [-0.3, -0.25) is 4.79 Å². The summed E-state index contributed by atoms with van der Waals surface area (Å²) in [6, 6.07) is 3.25. The topological polar surface area (TPSA) is 59.0 Å². The number of nitrogens with zero attached hydrogens (tertiary/aromatic N) is 2. The van der Waals surface area contributed by atoms with Crippen molar-refractivity contribution in [1.29, 1.82) is 0 Å². The average molecular weight is 642 g/mol. The van der Waals surface area contributed by atoms with E-state index in [1.54, 1.807) is 0 Å². The molecule has 2 aromatic rings. The minimum absolute atomic E-state index is 0.0529. The lowest BCUT2D eigenvalue weighted by Gasteiger charge is -2.34. The summed E-state index contributed by atoms with van der Waals surface area (Å²) in [7, 11) is 0. The first-order valence-electron chi connectivity index (χ1n) is 9.28. The van der Waals surface area contributed by atoms with Gasteiger partial charge in [0.1, 0.15) is 0 Å². The summed E-state index contributed by atoms with van der Waals surface area (Å²) in [5.41, 5.74) is -8.97. The number of amides is 1. The number of benzene rings is 2. The van der Waals surface area contributed by atoms with Crippen LogP contribution in [0.2, 0.25) is 0 Å². The van der Waals surface area contributed by atoms with Crippen LogP contribution in [0.15, 0.2) is 41.6 Å². The molecule has 5 nitrogen and oxygen atoms in total. The molecule has 0 saturated heterocycles. The number of rotatable bonds is 4. The number of hydrogen-bond donors (Lipinski definition) is 0. The third-order valence-corrected chi connectivity index (χ3v) is 5.76. The molecule has 0 saturated carbocycles. The number of carbonyl (C=O) groups is 1. The SMILES string of the molecule is O=NC(=O)c1ccc2c(c1)N(c1c(I)cc(C(F)(C(F)(F)F)C(F)(F)F)cc1OC(F)(F)F)CC=C2.